The molecule has 0 saturated heterocycles. The minimum absolute atomic E-state index is 0.0342. The molecule has 1 fully saturated rings. The van der Waals surface area contributed by atoms with E-state index in [9.17, 15) is 13.2 Å². The Labute approximate surface area is 116 Å². The van der Waals surface area contributed by atoms with Gasteiger partial charge in [0.25, 0.3) is 0 Å². The molecule has 0 radical (unpaired) electrons. The van der Waals surface area contributed by atoms with Crippen molar-refractivity contribution >= 4 is 16.0 Å². The fourth-order valence-corrected chi connectivity index (χ4v) is 4.47. The van der Waals surface area contributed by atoms with Gasteiger partial charge in [-0.2, -0.15) is 4.31 Å². The first kappa shape index (κ1) is 16.4. The molecule has 0 aromatic rings. The average molecular weight is 291 g/mol. The minimum atomic E-state index is -3.25. The van der Waals surface area contributed by atoms with Gasteiger partial charge < -0.3 is 4.74 Å². The Balaban J connectivity index is 2.54. The smallest absolute Gasteiger partial charge is 0.305 e. The van der Waals surface area contributed by atoms with E-state index in [1.807, 2.05) is 6.92 Å². The molecule has 6 heteroatoms. The van der Waals surface area contributed by atoms with Crippen molar-refractivity contribution in [1.82, 2.24) is 4.31 Å². The van der Waals surface area contributed by atoms with Crippen molar-refractivity contribution in [3.8, 4) is 0 Å². The summed E-state index contributed by atoms with van der Waals surface area (Å²) in [6.45, 7) is 2.40. The maximum atomic E-state index is 12.3. The molecule has 0 unspecified atom stereocenters. The van der Waals surface area contributed by atoms with Crippen LogP contribution in [0.15, 0.2) is 0 Å². The van der Waals surface area contributed by atoms with E-state index in [0.29, 0.717) is 13.0 Å². The summed E-state index contributed by atoms with van der Waals surface area (Å²) in [7, 11) is -1.93. The normalized spacial score (nSPS) is 17.6. The molecule has 0 bridgehead atoms. The van der Waals surface area contributed by atoms with E-state index in [0.717, 1.165) is 25.7 Å². The molecule has 5 nitrogen and oxygen atoms in total. The van der Waals surface area contributed by atoms with Crippen LogP contribution in [0.4, 0.5) is 0 Å². The highest BCUT2D eigenvalue weighted by Gasteiger charge is 2.29. The quantitative estimate of drug-likeness (QED) is 0.672. The number of rotatable bonds is 7. The van der Waals surface area contributed by atoms with Gasteiger partial charge in [0.15, 0.2) is 0 Å². The summed E-state index contributed by atoms with van der Waals surface area (Å²) >= 11 is 0. The zero-order valence-electron chi connectivity index (χ0n) is 11.9. The molecule has 0 amide bonds. The predicted molar refractivity (Wildman–Crippen MR) is 74.3 cm³/mol. The summed E-state index contributed by atoms with van der Waals surface area (Å²) in [6, 6.07) is 0.155. The van der Waals surface area contributed by atoms with E-state index >= 15 is 0 Å². The molecule has 1 rings (SSSR count). The second-order valence-corrected chi connectivity index (χ2v) is 7.03. The van der Waals surface area contributed by atoms with Crippen molar-refractivity contribution in [3.63, 3.8) is 0 Å². The fraction of sp³-hybridized carbons (Fsp3) is 0.923. The predicted octanol–water partition coefficient (Wildman–Crippen LogP) is 1.92. The monoisotopic (exact) mass is 291 g/mol. The van der Waals surface area contributed by atoms with Crippen LogP contribution < -0.4 is 0 Å². The Morgan fingerprint density at radius 2 is 1.89 bits per heavy atom. The number of nitrogens with zero attached hydrogens (tertiary/aromatic N) is 1. The molecule has 0 spiro atoms. The standard InChI is InChI=1S/C13H25NO4S/c1-3-14(12-8-5-4-6-9-12)19(16,17)11-7-10-13(15)18-2/h12H,3-11H2,1-2H3. The lowest BCUT2D eigenvalue weighted by molar-refractivity contribution is -0.140. The summed E-state index contributed by atoms with van der Waals surface area (Å²) in [5, 5.41) is 0. The van der Waals surface area contributed by atoms with Gasteiger partial charge >= 0.3 is 5.97 Å². The van der Waals surface area contributed by atoms with Crippen LogP contribution in [0, 0.1) is 0 Å². The molecule has 0 atom stereocenters. The molecule has 1 aliphatic carbocycles. The minimum Gasteiger partial charge on any atom is -0.469 e. The Morgan fingerprint density at radius 3 is 2.42 bits per heavy atom. The SMILES string of the molecule is CCN(C1CCCCC1)S(=O)(=O)CCCC(=O)OC. The first-order valence-corrected chi connectivity index (χ1v) is 8.68. The summed E-state index contributed by atoms with van der Waals surface area (Å²) in [4.78, 5) is 11.0. The number of esters is 1. The highest BCUT2D eigenvalue weighted by atomic mass is 32.2. The lowest BCUT2D eigenvalue weighted by Gasteiger charge is -2.32. The molecule has 0 aromatic heterocycles. The van der Waals surface area contributed by atoms with Crippen LogP contribution in [-0.2, 0) is 19.6 Å². The second-order valence-electron chi connectivity index (χ2n) is 4.99. The van der Waals surface area contributed by atoms with Gasteiger partial charge in [-0.1, -0.05) is 26.2 Å². The number of carbonyl (C=O) groups is 1. The lowest BCUT2D eigenvalue weighted by Crippen LogP contribution is -2.42. The lowest BCUT2D eigenvalue weighted by atomic mass is 9.95. The van der Waals surface area contributed by atoms with Crippen molar-refractivity contribution in [2.45, 2.75) is 57.9 Å². The second kappa shape index (κ2) is 7.85. The Kier molecular flexibility index (Phi) is 6.79. The van der Waals surface area contributed by atoms with Gasteiger partial charge in [-0.15, -0.1) is 0 Å². The molecule has 0 aromatic carbocycles. The largest absolute Gasteiger partial charge is 0.469 e. The molecule has 1 saturated carbocycles. The summed E-state index contributed by atoms with van der Waals surface area (Å²) in [6.07, 6.45) is 5.85. The van der Waals surface area contributed by atoms with E-state index in [2.05, 4.69) is 4.74 Å². The van der Waals surface area contributed by atoms with E-state index in [4.69, 9.17) is 0 Å². The molecule has 112 valence electrons. The van der Waals surface area contributed by atoms with Gasteiger partial charge in [-0.05, 0) is 19.3 Å². The van der Waals surface area contributed by atoms with Crippen molar-refractivity contribution < 1.29 is 17.9 Å². The molecule has 1 aliphatic rings. The van der Waals surface area contributed by atoms with Crippen molar-refractivity contribution in [3.05, 3.63) is 0 Å². The number of ether oxygens (including phenoxy) is 1. The molecule has 0 N–H and O–H groups in total. The van der Waals surface area contributed by atoms with Crippen molar-refractivity contribution in [2.24, 2.45) is 0 Å². The Bertz CT molecular complexity index is 374. The van der Waals surface area contributed by atoms with E-state index in [1.165, 1.54) is 13.5 Å². The van der Waals surface area contributed by atoms with Gasteiger partial charge in [0.1, 0.15) is 0 Å². The maximum Gasteiger partial charge on any atom is 0.305 e. The van der Waals surface area contributed by atoms with Crippen LogP contribution in [0.3, 0.4) is 0 Å². The third-order valence-corrected chi connectivity index (χ3v) is 5.74. The van der Waals surface area contributed by atoms with Crippen LogP contribution >= 0.6 is 0 Å². The zero-order chi connectivity index (χ0) is 14.3. The molecule has 19 heavy (non-hydrogen) atoms. The third-order valence-electron chi connectivity index (χ3n) is 3.66. The molecular formula is C13H25NO4S. The number of hydrogen-bond acceptors (Lipinski definition) is 4. The van der Waals surface area contributed by atoms with Gasteiger partial charge in [0.05, 0.1) is 12.9 Å². The first-order chi connectivity index (χ1) is 9.01. The summed E-state index contributed by atoms with van der Waals surface area (Å²) in [5.74, 6) is -0.317. The fourth-order valence-electron chi connectivity index (χ4n) is 2.67. The number of hydrogen-bond donors (Lipinski definition) is 0. The van der Waals surface area contributed by atoms with Crippen LogP contribution in [0.5, 0.6) is 0 Å². The van der Waals surface area contributed by atoms with Gasteiger partial charge in [-0.3, -0.25) is 4.79 Å². The highest BCUT2D eigenvalue weighted by molar-refractivity contribution is 7.89. The maximum absolute atomic E-state index is 12.3. The van der Waals surface area contributed by atoms with Gasteiger partial charge in [-0.25, -0.2) is 8.42 Å². The molecule has 0 aliphatic heterocycles. The van der Waals surface area contributed by atoms with Gasteiger partial charge in [0, 0.05) is 19.0 Å². The van der Waals surface area contributed by atoms with Crippen LogP contribution in [0.1, 0.15) is 51.9 Å². The van der Waals surface area contributed by atoms with E-state index in [1.54, 1.807) is 4.31 Å². The van der Waals surface area contributed by atoms with Crippen LogP contribution in [0.2, 0.25) is 0 Å². The highest BCUT2D eigenvalue weighted by Crippen LogP contribution is 2.25. The van der Waals surface area contributed by atoms with Crippen molar-refractivity contribution in [2.75, 3.05) is 19.4 Å². The summed E-state index contributed by atoms with van der Waals surface area (Å²) < 4.78 is 30.8. The number of sulfonamides is 1. The Morgan fingerprint density at radius 1 is 1.26 bits per heavy atom. The molecule has 0 heterocycles. The zero-order valence-corrected chi connectivity index (χ0v) is 12.7. The first-order valence-electron chi connectivity index (χ1n) is 7.07. The Hall–Kier alpha value is -0.620. The summed E-state index contributed by atoms with van der Waals surface area (Å²) in [5.41, 5.74) is 0. The average Bonchev–Trinajstić information content (AvgIpc) is 2.40. The van der Waals surface area contributed by atoms with E-state index < -0.39 is 10.0 Å². The number of carbonyl (C=O) groups excluding carboxylic acids is 1. The third kappa shape index (κ3) is 5.10. The van der Waals surface area contributed by atoms with Crippen molar-refractivity contribution in [1.29, 1.82) is 0 Å². The van der Waals surface area contributed by atoms with E-state index in [-0.39, 0.29) is 24.2 Å². The number of methoxy groups -OCH3 is 1. The van der Waals surface area contributed by atoms with Gasteiger partial charge in [0.2, 0.25) is 10.0 Å². The van der Waals surface area contributed by atoms with Crippen LogP contribution in [0.25, 0.3) is 0 Å². The molecular weight excluding hydrogens is 266 g/mol. The van der Waals surface area contributed by atoms with Crippen LogP contribution in [-0.4, -0.2) is 44.1 Å². The topological polar surface area (TPSA) is 63.7 Å².